The highest BCUT2D eigenvalue weighted by atomic mass is 16.2. The van der Waals surface area contributed by atoms with Crippen molar-refractivity contribution >= 4 is 22.8 Å². The van der Waals surface area contributed by atoms with Crippen molar-refractivity contribution in [3.8, 4) is 0 Å². The fraction of sp³-hybridized carbons (Fsp3) is 0.360. The molecule has 3 aromatic rings. The number of amides is 3. The van der Waals surface area contributed by atoms with E-state index in [0.717, 1.165) is 42.3 Å². The molecular weight excluding hydrogens is 416 g/mol. The van der Waals surface area contributed by atoms with Crippen LogP contribution in [0.15, 0.2) is 54.7 Å². The average molecular weight is 449 g/mol. The van der Waals surface area contributed by atoms with Gasteiger partial charge in [-0.3, -0.25) is 10.2 Å². The number of hydrazine groups is 1. The molecule has 0 saturated carbocycles. The average Bonchev–Trinajstić information content (AvgIpc) is 3.24. The molecule has 1 aliphatic heterocycles. The van der Waals surface area contributed by atoms with E-state index in [9.17, 15) is 9.59 Å². The van der Waals surface area contributed by atoms with E-state index in [1.165, 1.54) is 11.1 Å². The van der Waals surface area contributed by atoms with Crippen LogP contribution in [0, 0.1) is 0 Å². The van der Waals surface area contributed by atoms with Crippen molar-refractivity contribution in [3.05, 3.63) is 71.4 Å². The van der Waals surface area contributed by atoms with Crippen molar-refractivity contribution < 1.29 is 9.59 Å². The third-order valence-corrected chi connectivity index (χ3v) is 6.04. The van der Waals surface area contributed by atoms with Crippen molar-refractivity contribution in [1.82, 2.24) is 26.1 Å². The minimum atomic E-state index is -0.695. The Bertz CT molecular complexity index is 1100. The zero-order chi connectivity index (χ0) is 23.0. The number of carbonyl (C=O) groups excluding carboxylic acids is 2. The fourth-order valence-electron chi connectivity index (χ4n) is 4.26. The van der Waals surface area contributed by atoms with Crippen LogP contribution in [0.5, 0.6) is 0 Å². The van der Waals surface area contributed by atoms with E-state index in [4.69, 9.17) is 5.73 Å². The van der Waals surface area contributed by atoms with Crippen LogP contribution >= 0.6 is 0 Å². The van der Waals surface area contributed by atoms with E-state index < -0.39 is 6.04 Å². The molecule has 1 aromatic heterocycles. The standard InChI is InChI=1S/C25H32N6O2/c26-12-5-6-13-27-24(32)23(15-20-16-28-22-10-4-3-9-21(20)22)29-25(33)30-31-14-11-18-7-1-2-8-19(18)17-31/h1-4,7-10,16,23,28H,5-6,11-15,17,26H2,(H,27,32)(H2,29,30,33)/t23-/m0/s1. The Morgan fingerprint density at radius 1 is 1.06 bits per heavy atom. The van der Waals surface area contributed by atoms with Crippen LogP contribution < -0.4 is 21.8 Å². The number of nitrogens with two attached hydrogens (primary N) is 1. The molecule has 33 heavy (non-hydrogen) atoms. The molecule has 4 rings (SSSR count). The van der Waals surface area contributed by atoms with Crippen molar-refractivity contribution in [2.75, 3.05) is 19.6 Å². The summed E-state index contributed by atoms with van der Waals surface area (Å²) < 4.78 is 0. The Kier molecular flexibility index (Phi) is 7.59. The summed E-state index contributed by atoms with van der Waals surface area (Å²) in [5.74, 6) is -0.198. The summed E-state index contributed by atoms with van der Waals surface area (Å²) in [6.07, 6.45) is 4.82. The van der Waals surface area contributed by atoms with Gasteiger partial charge in [-0.05, 0) is 48.6 Å². The number of aromatic amines is 1. The molecule has 3 amide bonds. The second-order valence-electron chi connectivity index (χ2n) is 8.43. The summed E-state index contributed by atoms with van der Waals surface area (Å²) in [5, 5.41) is 8.77. The summed E-state index contributed by atoms with van der Waals surface area (Å²) >= 11 is 0. The normalized spacial score (nSPS) is 14.5. The highest BCUT2D eigenvalue weighted by molar-refractivity contribution is 5.89. The summed E-state index contributed by atoms with van der Waals surface area (Å²) in [6.45, 7) is 2.49. The topological polar surface area (TPSA) is 115 Å². The van der Waals surface area contributed by atoms with Gasteiger partial charge >= 0.3 is 6.03 Å². The number of aromatic nitrogens is 1. The second-order valence-corrected chi connectivity index (χ2v) is 8.43. The third kappa shape index (κ3) is 5.91. The van der Waals surface area contributed by atoms with Crippen LogP contribution in [0.1, 0.15) is 29.5 Å². The first-order chi connectivity index (χ1) is 16.1. The van der Waals surface area contributed by atoms with Gasteiger partial charge in [0.2, 0.25) is 5.91 Å². The monoisotopic (exact) mass is 448 g/mol. The number of H-pyrrole nitrogens is 1. The number of urea groups is 1. The fourth-order valence-corrected chi connectivity index (χ4v) is 4.26. The Hall–Kier alpha value is -3.36. The van der Waals surface area contributed by atoms with Crippen LogP contribution in [0.4, 0.5) is 4.79 Å². The Balaban J connectivity index is 1.41. The number of fused-ring (bicyclic) bond motifs is 2. The molecule has 8 nitrogen and oxygen atoms in total. The summed E-state index contributed by atoms with van der Waals surface area (Å²) in [6, 6.07) is 15.1. The number of nitrogens with zero attached hydrogens (tertiary/aromatic N) is 1. The van der Waals surface area contributed by atoms with Gasteiger partial charge in [-0.2, -0.15) is 0 Å². The molecular formula is C25H32N6O2. The zero-order valence-corrected chi connectivity index (χ0v) is 18.8. The predicted molar refractivity (Wildman–Crippen MR) is 129 cm³/mol. The van der Waals surface area contributed by atoms with Gasteiger partial charge in [0.05, 0.1) is 0 Å². The van der Waals surface area contributed by atoms with Crippen molar-refractivity contribution in [2.24, 2.45) is 5.73 Å². The van der Waals surface area contributed by atoms with Crippen molar-refractivity contribution in [3.63, 3.8) is 0 Å². The molecule has 0 bridgehead atoms. The van der Waals surface area contributed by atoms with Gasteiger partial charge in [-0.25, -0.2) is 9.80 Å². The second kappa shape index (κ2) is 11.0. The summed E-state index contributed by atoms with van der Waals surface area (Å²) in [7, 11) is 0. The maximum absolute atomic E-state index is 13.0. The predicted octanol–water partition coefficient (Wildman–Crippen LogP) is 2.21. The lowest BCUT2D eigenvalue weighted by molar-refractivity contribution is -0.122. The van der Waals surface area contributed by atoms with E-state index >= 15 is 0 Å². The third-order valence-electron chi connectivity index (χ3n) is 6.04. The maximum atomic E-state index is 13.0. The molecule has 0 spiro atoms. The molecule has 8 heteroatoms. The van der Waals surface area contributed by atoms with Gasteiger partial charge in [0.15, 0.2) is 0 Å². The van der Waals surface area contributed by atoms with E-state index in [1.54, 1.807) is 0 Å². The minimum Gasteiger partial charge on any atom is -0.361 e. The molecule has 0 aliphatic carbocycles. The van der Waals surface area contributed by atoms with Gasteiger partial charge in [-0.15, -0.1) is 0 Å². The lowest BCUT2D eigenvalue weighted by atomic mass is 10.0. The Morgan fingerprint density at radius 3 is 2.70 bits per heavy atom. The Morgan fingerprint density at radius 2 is 1.85 bits per heavy atom. The first-order valence-corrected chi connectivity index (χ1v) is 11.6. The van der Waals surface area contributed by atoms with Gasteiger partial charge in [0, 0.05) is 43.2 Å². The molecule has 2 aromatic carbocycles. The maximum Gasteiger partial charge on any atom is 0.329 e. The molecule has 1 atom stereocenters. The van der Waals surface area contributed by atoms with Gasteiger partial charge in [0.25, 0.3) is 0 Å². The van der Waals surface area contributed by atoms with E-state index in [2.05, 4.69) is 33.2 Å². The number of benzene rings is 2. The summed E-state index contributed by atoms with van der Waals surface area (Å²) in [5.41, 5.74) is 13.0. The van der Waals surface area contributed by atoms with Crippen molar-refractivity contribution in [1.29, 1.82) is 0 Å². The van der Waals surface area contributed by atoms with Crippen LogP contribution in [0.3, 0.4) is 0 Å². The lowest BCUT2D eigenvalue weighted by Gasteiger charge is -2.29. The largest absolute Gasteiger partial charge is 0.361 e. The van der Waals surface area contributed by atoms with Crippen LogP contribution in [0.25, 0.3) is 10.9 Å². The molecule has 2 heterocycles. The first kappa shape index (κ1) is 22.8. The quantitative estimate of drug-likeness (QED) is 0.323. The number of para-hydroxylation sites is 1. The first-order valence-electron chi connectivity index (χ1n) is 11.6. The van der Waals surface area contributed by atoms with Gasteiger partial charge < -0.3 is 21.4 Å². The molecule has 174 valence electrons. The number of hydrogen-bond donors (Lipinski definition) is 5. The van der Waals surface area contributed by atoms with Crippen LogP contribution in [-0.2, 0) is 24.2 Å². The zero-order valence-electron chi connectivity index (χ0n) is 18.8. The highest BCUT2D eigenvalue weighted by Crippen LogP contribution is 2.20. The minimum absolute atomic E-state index is 0.198. The number of carbonyl (C=O) groups is 2. The summed E-state index contributed by atoms with van der Waals surface area (Å²) in [4.78, 5) is 29.0. The molecule has 0 saturated heterocycles. The smallest absolute Gasteiger partial charge is 0.329 e. The molecule has 1 aliphatic rings. The Labute approximate surface area is 193 Å². The highest BCUT2D eigenvalue weighted by Gasteiger charge is 2.24. The molecule has 6 N–H and O–H groups in total. The van der Waals surface area contributed by atoms with Crippen LogP contribution in [-0.4, -0.2) is 47.6 Å². The van der Waals surface area contributed by atoms with Gasteiger partial charge in [0.1, 0.15) is 6.04 Å². The van der Waals surface area contributed by atoms with E-state index in [0.29, 0.717) is 26.1 Å². The van der Waals surface area contributed by atoms with E-state index in [1.807, 2.05) is 47.6 Å². The van der Waals surface area contributed by atoms with Crippen molar-refractivity contribution in [2.45, 2.75) is 38.3 Å². The van der Waals surface area contributed by atoms with Gasteiger partial charge in [-0.1, -0.05) is 42.5 Å². The number of rotatable bonds is 9. The number of unbranched alkanes of at least 4 members (excludes halogenated alkanes) is 1. The number of hydrogen-bond acceptors (Lipinski definition) is 4. The SMILES string of the molecule is NCCCCNC(=O)[C@H](Cc1c[nH]c2ccccc12)NC(=O)NN1CCc2ccccc2C1. The van der Waals surface area contributed by atoms with Crippen LogP contribution in [0.2, 0.25) is 0 Å². The molecule has 0 radical (unpaired) electrons. The molecule has 0 unspecified atom stereocenters. The number of nitrogens with one attached hydrogen (secondary N) is 4. The molecule has 0 fully saturated rings. The van der Waals surface area contributed by atoms with E-state index in [-0.39, 0.29) is 11.9 Å². The lowest BCUT2D eigenvalue weighted by Crippen LogP contribution is -2.55.